The Morgan fingerprint density at radius 3 is 2.81 bits per heavy atom. The third kappa shape index (κ3) is 3.08. The minimum absolute atomic E-state index is 0.214. The number of carbonyl (C=O) groups is 1. The Morgan fingerprint density at radius 2 is 2.10 bits per heavy atom. The summed E-state index contributed by atoms with van der Waals surface area (Å²) in [5.74, 6) is 1.22. The number of nitrogens with zero attached hydrogens (tertiary/aromatic N) is 3. The average Bonchev–Trinajstić information content (AvgIpc) is 2.93. The van der Waals surface area contributed by atoms with E-state index in [1.165, 1.54) is 0 Å². The molecular formula is C13H12ClN3O3S. The third-order valence-electron chi connectivity index (χ3n) is 2.96. The van der Waals surface area contributed by atoms with Crippen molar-refractivity contribution in [3.63, 3.8) is 0 Å². The number of halogens is 1. The summed E-state index contributed by atoms with van der Waals surface area (Å²) in [7, 11) is 1.70. The molecule has 1 aromatic heterocycles. The molecule has 8 heteroatoms. The second kappa shape index (κ2) is 5.87. The number of hydrogen-bond donors (Lipinski definition) is 0. The van der Waals surface area contributed by atoms with Crippen LogP contribution in [0.4, 0.5) is 0 Å². The lowest BCUT2D eigenvalue weighted by Crippen LogP contribution is -2.26. The number of rotatable bonds is 3. The molecule has 1 amide bonds. The molecule has 0 saturated carbocycles. The highest BCUT2D eigenvalue weighted by molar-refractivity contribution is 7.17. The highest BCUT2D eigenvalue weighted by Gasteiger charge is 2.18. The molecule has 110 valence electrons. The van der Waals surface area contributed by atoms with E-state index >= 15 is 0 Å². The number of aromatic nitrogens is 2. The van der Waals surface area contributed by atoms with Crippen LogP contribution in [0.3, 0.4) is 0 Å². The smallest absolute Gasteiger partial charge is 0.284 e. The maximum Gasteiger partial charge on any atom is 0.284 e. The molecule has 0 spiro atoms. The first-order valence-electron chi connectivity index (χ1n) is 6.26. The summed E-state index contributed by atoms with van der Waals surface area (Å²) < 4.78 is 11.2. The minimum Gasteiger partial charge on any atom is -0.486 e. The summed E-state index contributed by atoms with van der Waals surface area (Å²) >= 11 is 6.76. The average molecular weight is 326 g/mol. The molecule has 0 radical (unpaired) electrons. The van der Waals surface area contributed by atoms with E-state index in [9.17, 15) is 4.79 Å². The van der Waals surface area contributed by atoms with E-state index < -0.39 is 0 Å². The summed E-state index contributed by atoms with van der Waals surface area (Å²) in [5.41, 5.74) is 0.950. The topological polar surface area (TPSA) is 64.6 Å². The van der Waals surface area contributed by atoms with Gasteiger partial charge in [0.1, 0.15) is 13.2 Å². The van der Waals surface area contributed by atoms with Crippen molar-refractivity contribution >= 4 is 28.8 Å². The maximum atomic E-state index is 12.2. The zero-order chi connectivity index (χ0) is 14.8. The van der Waals surface area contributed by atoms with Crippen LogP contribution in [0.2, 0.25) is 4.47 Å². The third-order valence-corrected chi connectivity index (χ3v) is 3.96. The van der Waals surface area contributed by atoms with Gasteiger partial charge in [-0.3, -0.25) is 4.79 Å². The first kappa shape index (κ1) is 14.1. The molecule has 21 heavy (non-hydrogen) atoms. The predicted molar refractivity (Wildman–Crippen MR) is 78.1 cm³/mol. The number of ether oxygens (including phenoxy) is 2. The van der Waals surface area contributed by atoms with Gasteiger partial charge >= 0.3 is 0 Å². The molecule has 0 bridgehead atoms. The van der Waals surface area contributed by atoms with Crippen molar-refractivity contribution in [1.29, 1.82) is 0 Å². The lowest BCUT2D eigenvalue weighted by molar-refractivity contribution is 0.0783. The molecule has 2 aromatic rings. The number of fused-ring (bicyclic) bond motifs is 1. The van der Waals surface area contributed by atoms with Crippen molar-refractivity contribution in [2.45, 2.75) is 6.54 Å². The van der Waals surface area contributed by atoms with E-state index in [1.54, 1.807) is 11.9 Å². The quantitative estimate of drug-likeness (QED) is 0.866. The highest BCUT2D eigenvalue weighted by Crippen LogP contribution is 2.31. The van der Waals surface area contributed by atoms with Crippen LogP contribution in [-0.4, -0.2) is 41.3 Å². The summed E-state index contributed by atoms with van der Waals surface area (Å²) in [6.07, 6.45) is 0. The van der Waals surface area contributed by atoms with Crippen LogP contribution in [0, 0.1) is 0 Å². The molecule has 1 aliphatic heterocycles. The van der Waals surface area contributed by atoms with Crippen LogP contribution < -0.4 is 9.47 Å². The standard InChI is InChI=1S/C13H12ClN3O3S/c1-17(12(18)11-15-16-13(14)21-11)7-8-2-3-9-10(6-8)20-5-4-19-9/h2-3,6H,4-5,7H2,1H3. The molecule has 1 aromatic carbocycles. The molecule has 0 atom stereocenters. The molecule has 0 saturated heterocycles. The summed E-state index contributed by atoms with van der Waals surface area (Å²) in [5, 5.41) is 7.66. The molecule has 0 N–H and O–H groups in total. The zero-order valence-electron chi connectivity index (χ0n) is 11.2. The Hall–Kier alpha value is -1.86. The van der Waals surface area contributed by atoms with Crippen molar-refractivity contribution in [3.8, 4) is 11.5 Å². The van der Waals surface area contributed by atoms with Gasteiger partial charge in [-0.15, -0.1) is 10.2 Å². The Balaban J connectivity index is 1.72. The van der Waals surface area contributed by atoms with Crippen LogP contribution in [0.15, 0.2) is 18.2 Å². The van der Waals surface area contributed by atoms with Crippen LogP contribution >= 0.6 is 22.9 Å². The SMILES string of the molecule is CN(Cc1ccc2c(c1)OCCO2)C(=O)c1nnc(Cl)s1. The van der Waals surface area contributed by atoms with Crippen molar-refractivity contribution in [1.82, 2.24) is 15.1 Å². The lowest BCUT2D eigenvalue weighted by atomic mass is 10.2. The lowest BCUT2D eigenvalue weighted by Gasteiger charge is -2.20. The van der Waals surface area contributed by atoms with Gasteiger partial charge in [0, 0.05) is 13.6 Å². The van der Waals surface area contributed by atoms with E-state index in [4.69, 9.17) is 21.1 Å². The van der Waals surface area contributed by atoms with Gasteiger partial charge in [0.15, 0.2) is 11.5 Å². The fraction of sp³-hybridized carbons (Fsp3) is 0.308. The van der Waals surface area contributed by atoms with Crippen molar-refractivity contribution in [2.24, 2.45) is 0 Å². The van der Waals surface area contributed by atoms with Gasteiger partial charge in [-0.2, -0.15) is 0 Å². The van der Waals surface area contributed by atoms with E-state index in [1.807, 2.05) is 18.2 Å². The van der Waals surface area contributed by atoms with Gasteiger partial charge in [0.2, 0.25) is 9.47 Å². The van der Waals surface area contributed by atoms with E-state index in [-0.39, 0.29) is 15.4 Å². The van der Waals surface area contributed by atoms with Gasteiger partial charge in [-0.25, -0.2) is 0 Å². The fourth-order valence-electron chi connectivity index (χ4n) is 1.99. The van der Waals surface area contributed by atoms with Gasteiger partial charge < -0.3 is 14.4 Å². The summed E-state index contributed by atoms with van der Waals surface area (Å²) in [6.45, 7) is 1.53. The van der Waals surface area contributed by atoms with Gasteiger partial charge in [-0.05, 0) is 29.3 Å². The molecule has 0 unspecified atom stereocenters. The van der Waals surface area contributed by atoms with Gasteiger partial charge in [0.25, 0.3) is 5.91 Å². The Kier molecular flexibility index (Phi) is 3.94. The monoisotopic (exact) mass is 325 g/mol. The highest BCUT2D eigenvalue weighted by atomic mass is 35.5. The molecule has 0 aliphatic carbocycles. The van der Waals surface area contributed by atoms with Crippen LogP contribution in [-0.2, 0) is 6.54 Å². The van der Waals surface area contributed by atoms with Crippen LogP contribution in [0.5, 0.6) is 11.5 Å². The minimum atomic E-state index is -0.214. The first-order valence-corrected chi connectivity index (χ1v) is 7.46. The molecule has 0 fully saturated rings. The maximum absolute atomic E-state index is 12.2. The summed E-state index contributed by atoms with van der Waals surface area (Å²) in [4.78, 5) is 13.7. The van der Waals surface area contributed by atoms with Gasteiger partial charge in [-0.1, -0.05) is 17.4 Å². The van der Waals surface area contributed by atoms with Crippen molar-refractivity contribution in [3.05, 3.63) is 33.2 Å². The second-order valence-corrected chi connectivity index (χ2v) is 6.06. The number of benzene rings is 1. The Morgan fingerprint density at radius 1 is 1.33 bits per heavy atom. The Labute approximate surface area is 130 Å². The second-order valence-electron chi connectivity index (χ2n) is 4.50. The molecule has 6 nitrogen and oxygen atoms in total. The zero-order valence-corrected chi connectivity index (χ0v) is 12.8. The summed E-state index contributed by atoms with van der Waals surface area (Å²) in [6, 6.07) is 5.64. The molecule has 2 heterocycles. The molecular weight excluding hydrogens is 314 g/mol. The first-order chi connectivity index (χ1) is 10.1. The van der Waals surface area contributed by atoms with E-state index in [0.29, 0.717) is 25.5 Å². The molecule has 1 aliphatic rings. The van der Waals surface area contributed by atoms with E-state index in [2.05, 4.69) is 10.2 Å². The number of amides is 1. The van der Waals surface area contributed by atoms with Crippen molar-refractivity contribution < 1.29 is 14.3 Å². The fourth-order valence-corrected chi connectivity index (χ4v) is 2.81. The van der Waals surface area contributed by atoms with Crippen LogP contribution in [0.1, 0.15) is 15.4 Å². The number of carbonyl (C=O) groups excluding carboxylic acids is 1. The predicted octanol–water partition coefficient (Wildman–Crippen LogP) is 2.23. The van der Waals surface area contributed by atoms with Crippen LogP contribution in [0.25, 0.3) is 0 Å². The number of hydrogen-bond acceptors (Lipinski definition) is 6. The van der Waals surface area contributed by atoms with E-state index in [0.717, 1.165) is 22.6 Å². The van der Waals surface area contributed by atoms with Crippen molar-refractivity contribution in [2.75, 3.05) is 20.3 Å². The largest absolute Gasteiger partial charge is 0.486 e. The molecule has 3 rings (SSSR count). The Bertz CT molecular complexity index is 676. The normalized spacial score (nSPS) is 13.0. The van der Waals surface area contributed by atoms with Gasteiger partial charge in [0.05, 0.1) is 0 Å².